The Bertz CT molecular complexity index is 905. The van der Waals surface area contributed by atoms with Gasteiger partial charge in [-0.3, -0.25) is 0 Å². The highest BCUT2D eigenvalue weighted by Crippen LogP contribution is 2.15. The predicted octanol–water partition coefficient (Wildman–Crippen LogP) is 9.60. The number of hydrogen-bond acceptors (Lipinski definition) is 3. The molecule has 0 aromatic rings. The number of terminal acetylenes is 1. The van der Waals surface area contributed by atoms with Crippen molar-refractivity contribution in [2.75, 3.05) is 6.61 Å². The summed E-state index contributed by atoms with van der Waals surface area (Å²) >= 11 is 0. The zero-order valence-electron chi connectivity index (χ0n) is 28.0. The molecule has 0 aliphatic rings. The molecule has 0 saturated carbocycles. The number of hydrogen-bond donors (Lipinski definition) is 3. The van der Waals surface area contributed by atoms with Crippen LogP contribution in [0.2, 0.25) is 0 Å². The van der Waals surface area contributed by atoms with Gasteiger partial charge in [0.2, 0.25) is 0 Å². The first-order chi connectivity index (χ1) is 21.7. The lowest BCUT2D eigenvalue weighted by atomic mass is 10.0. The Kier molecular flexibility index (Phi) is 34.8. The van der Waals surface area contributed by atoms with Crippen molar-refractivity contribution in [2.45, 2.75) is 179 Å². The summed E-state index contributed by atoms with van der Waals surface area (Å²) in [7, 11) is 0. The third-order valence-corrected chi connectivity index (χ3v) is 7.84. The molecule has 0 rings (SSSR count). The molecule has 3 N–H and O–H groups in total. The summed E-state index contributed by atoms with van der Waals surface area (Å²) in [6.45, 7) is -0.197. The van der Waals surface area contributed by atoms with Crippen LogP contribution in [0.15, 0.2) is 24.3 Å². The lowest BCUT2D eigenvalue weighted by Crippen LogP contribution is -2.01. The average molecular weight is 605 g/mol. The lowest BCUT2D eigenvalue weighted by molar-refractivity contribution is 0.217. The van der Waals surface area contributed by atoms with Crippen molar-refractivity contribution < 1.29 is 15.3 Å². The molecular weight excluding hydrogens is 540 g/mol. The van der Waals surface area contributed by atoms with E-state index in [-0.39, 0.29) is 6.61 Å². The van der Waals surface area contributed by atoms with Crippen molar-refractivity contribution in [1.29, 1.82) is 0 Å². The molecule has 0 heterocycles. The van der Waals surface area contributed by atoms with Crippen LogP contribution in [0, 0.1) is 47.9 Å². The van der Waals surface area contributed by atoms with Crippen molar-refractivity contribution >= 4 is 0 Å². The highest BCUT2D eigenvalue weighted by atomic mass is 16.3. The molecule has 2 atom stereocenters. The maximum absolute atomic E-state index is 9.84. The Hall–Kier alpha value is -2.40. The molecule has 0 saturated heterocycles. The molecule has 0 spiro atoms. The molecule has 0 aromatic heterocycles. The highest BCUT2D eigenvalue weighted by Gasteiger charge is 1.99. The molecule has 0 radical (unpaired) electrons. The van der Waals surface area contributed by atoms with E-state index in [1.807, 2.05) is 6.08 Å². The molecule has 3 nitrogen and oxygen atoms in total. The SMILES string of the molecule is C#CC(O)/C=C/CCCCCCCCCCCC/C=C\CCCCCCCCCCCCCCC(O)C#CC#CC#CCO. The van der Waals surface area contributed by atoms with Crippen LogP contribution >= 0.6 is 0 Å². The van der Waals surface area contributed by atoms with Gasteiger partial charge in [0.1, 0.15) is 18.8 Å². The van der Waals surface area contributed by atoms with Gasteiger partial charge in [-0.15, -0.1) is 6.42 Å². The summed E-state index contributed by atoms with van der Waals surface area (Å²) in [5.41, 5.74) is 0. The van der Waals surface area contributed by atoms with Crippen LogP contribution in [0.3, 0.4) is 0 Å². The van der Waals surface area contributed by atoms with E-state index >= 15 is 0 Å². The number of unbranched alkanes of at least 4 members (excludes halogenated alkanes) is 23. The number of allylic oxidation sites excluding steroid dienone is 3. The molecule has 0 aliphatic carbocycles. The van der Waals surface area contributed by atoms with Gasteiger partial charge in [0, 0.05) is 0 Å². The monoisotopic (exact) mass is 604 g/mol. The summed E-state index contributed by atoms with van der Waals surface area (Å²) in [5, 5.41) is 27.6. The first-order valence-corrected chi connectivity index (χ1v) is 17.9. The minimum Gasteiger partial charge on any atom is -0.384 e. The minimum absolute atomic E-state index is 0.197. The zero-order valence-corrected chi connectivity index (χ0v) is 28.0. The second-order valence-corrected chi connectivity index (χ2v) is 11.9. The third kappa shape index (κ3) is 35.8. The second kappa shape index (κ2) is 36.8. The van der Waals surface area contributed by atoms with Gasteiger partial charge < -0.3 is 15.3 Å². The van der Waals surface area contributed by atoms with E-state index in [1.165, 1.54) is 141 Å². The van der Waals surface area contributed by atoms with Crippen molar-refractivity contribution in [3.8, 4) is 47.9 Å². The standard InChI is InChI=1S/C41H64O3/c1-2-40(43)36-32-28-25-23-21-19-17-15-13-11-9-7-5-3-4-6-8-10-12-14-16-18-20-22-24-26-29-33-37-41(44)38-34-30-27-31-35-39-42/h1,3-4,32,36,40-44H,5-26,28-29,33,37,39H2/b4-3-,36-32+. The smallest absolute Gasteiger partial charge is 0.133 e. The molecule has 2 unspecified atom stereocenters. The van der Waals surface area contributed by atoms with Crippen molar-refractivity contribution in [2.24, 2.45) is 0 Å². The van der Waals surface area contributed by atoms with E-state index in [4.69, 9.17) is 11.5 Å². The third-order valence-electron chi connectivity index (χ3n) is 7.84. The molecule has 0 bridgehead atoms. The summed E-state index contributed by atoms with van der Waals surface area (Å²) in [4.78, 5) is 0. The molecule has 246 valence electrons. The topological polar surface area (TPSA) is 60.7 Å². The lowest BCUT2D eigenvalue weighted by Gasteiger charge is -2.04. The summed E-state index contributed by atoms with van der Waals surface area (Å²) in [6, 6.07) is 0. The fraction of sp³-hybridized carbons (Fsp3) is 0.707. The Balaban J connectivity index is 3.26. The maximum Gasteiger partial charge on any atom is 0.133 e. The summed E-state index contributed by atoms with van der Waals surface area (Å²) < 4.78 is 0. The summed E-state index contributed by atoms with van der Waals surface area (Å²) in [5.74, 6) is 17.6. The molecule has 0 aromatic carbocycles. The van der Waals surface area contributed by atoms with Gasteiger partial charge in [0.15, 0.2) is 0 Å². The van der Waals surface area contributed by atoms with Gasteiger partial charge in [-0.25, -0.2) is 0 Å². The normalized spacial score (nSPS) is 12.1. The van der Waals surface area contributed by atoms with Crippen LogP contribution in [-0.2, 0) is 0 Å². The van der Waals surface area contributed by atoms with Gasteiger partial charge in [-0.2, -0.15) is 0 Å². The van der Waals surface area contributed by atoms with Crippen molar-refractivity contribution in [3.05, 3.63) is 24.3 Å². The highest BCUT2D eigenvalue weighted by molar-refractivity contribution is 5.36. The number of aliphatic hydroxyl groups excluding tert-OH is 3. The number of aliphatic hydroxyl groups is 3. The Morgan fingerprint density at radius 2 is 0.864 bits per heavy atom. The Morgan fingerprint density at radius 3 is 1.30 bits per heavy atom. The molecule has 0 amide bonds. The van der Waals surface area contributed by atoms with Gasteiger partial charge in [0.25, 0.3) is 0 Å². The fourth-order valence-electron chi connectivity index (χ4n) is 5.16. The first-order valence-electron chi connectivity index (χ1n) is 17.9. The van der Waals surface area contributed by atoms with Gasteiger partial charge >= 0.3 is 0 Å². The van der Waals surface area contributed by atoms with Gasteiger partial charge in [-0.05, 0) is 81.1 Å². The molecule has 3 heteroatoms. The van der Waals surface area contributed by atoms with Crippen LogP contribution in [-0.4, -0.2) is 34.1 Å². The van der Waals surface area contributed by atoms with Crippen LogP contribution in [0.5, 0.6) is 0 Å². The fourth-order valence-corrected chi connectivity index (χ4v) is 5.16. The van der Waals surface area contributed by atoms with Crippen molar-refractivity contribution in [3.63, 3.8) is 0 Å². The van der Waals surface area contributed by atoms with Crippen LogP contribution in [0.25, 0.3) is 0 Å². The van der Waals surface area contributed by atoms with Gasteiger partial charge in [0.05, 0.1) is 0 Å². The number of rotatable bonds is 29. The first kappa shape index (κ1) is 41.6. The maximum atomic E-state index is 9.84. The Labute approximate surface area is 272 Å². The van der Waals surface area contributed by atoms with Crippen LogP contribution in [0.4, 0.5) is 0 Å². The average Bonchev–Trinajstić information content (AvgIpc) is 3.03. The molecule has 44 heavy (non-hydrogen) atoms. The molecular formula is C41H64O3. The van der Waals surface area contributed by atoms with E-state index in [0.717, 1.165) is 19.3 Å². The van der Waals surface area contributed by atoms with E-state index in [1.54, 1.807) is 6.08 Å². The van der Waals surface area contributed by atoms with E-state index < -0.39 is 12.2 Å². The minimum atomic E-state index is -0.721. The van der Waals surface area contributed by atoms with Gasteiger partial charge in [-0.1, -0.05) is 152 Å². The van der Waals surface area contributed by atoms with Crippen molar-refractivity contribution in [1.82, 2.24) is 0 Å². The quantitative estimate of drug-likeness (QED) is 0.0453. The predicted molar refractivity (Wildman–Crippen MR) is 190 cm³/mol. The van der Waals surface area contributed by atoms with E-state index in [9.17, 15) is 10.2 Å². The zero-order chi connectivity index (χ0) is 32.0. The van der Waals surface area contributed by atoms with Crippen LogP contribution < -0.4 is 0 Å². The largest absolute Gasteiger partial charge is 0.384 e. The second-order valence-electron chi connectivity index (χ2n) is 11.9. The van der Waals surface area contributed by atoms with E-state index in [2.05, 4.69) is 53.6 Å². The summed E-state index contributed by atoms with van der Waals surface area (Å²) in [6.07, 6.45) is 45.6. The van der Waals surface area contributed by atoms with E-state index in [0.29, 0.717) is 6.42 Å². The Morgan fingerprint density at radius 1 is 0.477 bits per heavy atom. The molecule has 0 fully saturated rings. The molecule has 0 aliphatic heterocycles. The van der Waals surface area contributed by atoms with Crippen LogP contribution in [0.1, 0.15) is 167 Å².